The van der Waals surface area contributed by atoms with Gasteiger partial charge in [0.2, 0.25) is 0 Å². The molecule has 0 atom stereocenters. The summed E-state index contributed by atoms with van der Waals surface area (Å²) in [6.07, 6.45) is 1.42. The van der Waals surface area contributed by atoms with Crippen LogP contribution in [0.2, 0.25) is 0 Å². The van der Waals surface area contributed by atoms with E-state index in [0.29, 0.717) is 28.4 Å². The van der Waals surface area contributed by atoms with Crippen LogP contribution in [0.5, 0.6) is 23.5 Å². The number of ether oxygens (including phenoxy) is 4. The summed E-state index contributed by atoms with van der Waals surface area (Å²) >= 11 is 2.29. The Hall–Kier alpha value is -3.46. The van der Waals surface area contributed by atoms with Crippen LogP contribution in [0.25, 0.3) is 22.1 Å². The van der Waals surface area contributed by atoms with Gasteiger partial charge in [-0.1, -0.05) is 0 Å². The molecule has 0 aliphatic rings. The van der Waals surface area contributed by atoms with E-state index in [9.17, 15) is 4.39 Å². The summed E-state index contributed by atoms with van der Waals surface area (Å²) in [5.74, 6) is 3.81. The zero-order chi connectivity index (χ0) is 26.6. The van der Waals surface area contributed by atoms with Gasteiger partial charge in [-0.15, -0.1) is 4.39 Å². The van der Waals surface area contributed by atoms with E-state index in [4.69, 9.17) is 18.9 Å². The lowest BCUT2D eigenvalue weighted by Crippen LogP contribution is -2.00. The molecule has 2 heterocycles. The van der Waals surface area contributed by atoms with E-state index >= 15 is 0 Å². The lowest BCUT2D eigenvalue weighted by molar-refractivity contribution is 0.334. The first-order valence-electron chi connectivity index (χ1n) is 10.8. The highest BCUT2D eigenvalue weighted by Gasteiger charge is 2.15. The minimum atomic E-state index is 0.250. The molecule has 4 rings (SSSR count). The number of benzene rings is 2. The van der Waals surface area contributed by atoms with Gasteiger partial charge in [-0.05, 0) is 90.6 Å². The zero-order valence-corrected chi connectivity index (χ0v) is 23.5. The van der Waals surface area contributed by atoms with E-state index in [2.05, 4.69) is 62.3 Å². The van der Waals surface area contributed by atoms with E-state index in [0.717, 1.165) is 25.7 Å². The number of aryl methyl sites for hydroxylation is 2. The second kappa shape index (κ2) is 11.5. The van der Waals surface area contributed by atoms with E-state index in [1.54, 1.807) is 14.2 Å². The summed E-state index contributed by atoms with van der Waals surface area (Å²) < 4.78 is 34.0. The molecule has 0 aliphatic heterocycles. The van der Waals surface area contributed by atoms with Gasteiger partial charge in [-0.3, -0.25) is 0 Å². The number of hydrogen-bond donors (Lipinski definition) is 0. The van der Waals surface area contributed by atoms with Crippen molar-refractivity contribution < 1.29 is 23.3 Å². The summed E-state index contributed by atoms with van der Waals surface area (Å²) in [5.41, 5.74) is 7.56. The third kappa shape index (κ3) is 5.21. The molecule has 0 saturated heterocycles. The maximum absolute atomic E-state index is 12.4. The number of halogens is 2. The fourth-order valence-electron chi connectivity index (χ4n) is 3.46. The van der Waals surface area contributed by atoms with Gasteiger partial charge in [-0.25, -0.2) is 19.9 Å². The van der Waals surface area contributed by atoms with Crippen molar-refractivity contribution in [3.05, 3.63) is 43.5 Å². The number of aromatic nitrogens is 4. The first kappa shape index (κ1) is 27.1. The predicted octanol–water partition coefficient (Wildman–Crippen LogP) is 5.41. The highest BCUT2D eigenvalue weighted by atomic mass is 127. The highest BCUT2D eigenvalue weighted by molar-refractivity contribution is 14.1. The Bertz CT molecular complexity index is 1520. The average molecular weight is 604 g/mol. The fourth-order valence-corrected chi connectivity index (χ4v) is 4.29. The van der Waals surface area contributed by atoms with Crippen LogP contribution in [0.15, 0.2) is 12.1 Å². The lowest BCUT2D eigenvalue weighted by Gasteiger charge is -2.10. The van der Waals surface area contributed by atoms with Gasteiger partial charge in [0, 0.05) is 3.57 Å². The lowest BCUT2D eigenvalue weighted by atomic mass is 10.0. The smallest absolute Gasteiger partial charge is 0.278 e. The summed E-state index contributed by atoms with van der Waals surface area (Å²) in [4.78, 5) is 17.5. The largest absolute Gasteiger partial charge is 0.477 e. The normalized spacial score (nSPS) is 10.3. The maximum atomic E-state index is 12.4. The molecule has 0 spiro atoms. The Morgan fingerprint density at radius 2 is 1.08 bits per heavy atom. The first-order valence-corrected chi connectivity index (χ1v) is 11.8. The molecule has 188 valence electrons. The van der Waals surface area contributed by atoms with Crippen LogP contribution in [0.4, 0.5) is 4.39 Å². The van der Waals surface area contributed by atoms with Crippen LogP contribution < -0.4 is 18.9 Å². The number of methoxy groups -OCH3 is 4. The van der Waals surface area contributed by atoms with Gasteiger partial charge in [-0.2, -0.15) is 0 Å². The molecular weight excluding hydrogens is 578 g/mol. The van der Waals surface area contributed by atoms with Gasteiger partial charge in [0.05, 0.1) is 45.0 Å². The molecule has 0 saturated carbocycles. The van der Waals surface area contributed by atoms with Gasteiger partial charge in [0.25, 0.3) is 23.5 Å². The highest BCUT2D eigenvalue weighted by Crippen LogP contribution is 2.31. The van der Waals surface area contributed by atoms with Crippen molar-refractivity contribution in [2.75, 3.05) is 28.4 Å². The number of hydrogen-bond acceptors (Lipinski definition) is 8. The molecule has 0 bridgehead atoms. The van der Waals surface area contributed by atoms with Crippen LogP contribution in [0, 0.1) is 43.4 Å². The predicted molar refractivity (Wildman–Crippen MR) is 145 cm³/mol. The Labute approximate surface area is 222 Å². The van der Waals surface area contributed by atoms with Crippen molar-refractivity contribution in [2.24, 2.45) is 0 Å². The number of rotatable bonds is 4. The topological polar surface area (TPSA) is 88.5 Å². The van der Waals surface area contributed by atoms with Gasteiger partial charge >= 0.3 is 0 Å². The van der Waals surface area contributed by atoms with Gasteiger partial charge in [0.15, 0.2) is 0 Å². The molecule has 0 unspecified atom stereocenters. The third-order valence-corrected chi connectivity index (χ3v) is 7.03. The third-order valence-electron chi connectivity index (χ3n) is 5.71. The van der Waals surface area contributed by atoms with Crippen LogP contribution in [0.1, 0.15) is 27.8 Å². The molecule has 0 radical (unpaired) electrons. The Kier molecular flexibility index (Phi) is 8.68. The van der Waals surface area contributed by atoms with Crippen LogP contribution in [-0.2, 0) is 0 Å². The maximum Gasteiger partial charge on any atom is 0.278 e. The monoisotopic (exact) mass is 604 g/mol. The minimum absolute atomic E-state index is 0.250. The van der Waals surface area contributed by atoms with Crippen molar-refractivity contribution in [3.63, 3.8) is 0 Å². The molecule has 2 aromatic carbocycles. The number of nitrogens with zero attached hydrogens (tertiary/aromatic N) is 4. The molecule has 0 N–H and O–H groups in total. The second-order valence-corrected chi connectivity index (χ2v) is 8.84. The molecule has 0 amide bonds. The molecule has 36 heavy (non-hydrogen) atoms. The Morgan fingerprint density at radius 1 is 0.667 bits per heavy atom. The number of fused-ring (bicyclic) bond motifs is 2. The SMILES string of the molecule is COc1nc2cc(C)c(C)c(C#CF)c2nc1OC.COc1nc2cc(C)c(C)c(I)c2nc1OC. The first-order chi connectivity index (χ1) is 17.2. The van der Waals surface area contributed by atoms with E-state index in [1.807, 2.05) is 26.0 Å². The molecular formula is C26H26FIN4O4. The quantitative estimate of drug-likeness (QED) is 0.226. The van der Waals surface area contributed by atoms with Crippen molar-refractivity contribution in [1.82, 2.24) is 19.9 Å². The van der Waals surface area contributed by atoms with Gasteiger partial charge in [0.1, 0.15) is 17.2 Å². The average Bonchev–Trinajstić information content (AvgIpc) is 2.89. The van der Waals surface area contributed by atoms with Crippen molar-refractivity contribution in [2.45, 2.75) is 27.7 Å². The molecule has 8 nitrogen and oxygen atoms in total. The molecule has 0 aliphatic carbocycles. The summed E-state index contributed by atoms with van der Waals surface area (Å²) in [6.45, 7) is 7.92. The van der Waals surface area contributed by atoms with Crippen molar-refractivity contribution >= 4 is 44.7 Å². The Morgan fingerprint density at radius 3 is 1.56 bits per heavy atom. The summed E-state index contributed by atoms with van der Waals surface area (Å²) in [6, 6.07) is 3.88. The summed E-state index contributed by atoms with van der Waals surface area (Å²) in [7, 11) is 6.08. The van der Waals surface area contributed by atoms with Crippen LogP contribution >= 0.6 is 22.6 Å². The van der Waals surface area contributed by atoms with E-state index in [1.165, 1.54) is 31.5 Å². The van der Waals surface area contributed by atoms with Gasteiger partial charge < -0.3 is 18.9 Å². The minimum Gasteiger partial charge on any atom is -0.477 e. The van der Waals surface area contributed by atoms with Crippen molar-refractivity contribution in [3.8, 4) is 35.6 Å². The molecule has 2 aromatic heterocycles. The zero-order valence-electron chi connectivity index (χ0n) is 21.3. The Balaban J connectivity index is 0.000000202. The molecule has 4 aromatic rings. The summed E-state index contributed by atoms with van der Waals surface area (Å²) in [5, 5.41) is 0. The second-order valence-electron chi connectivity index (χ2n) is 7.77. The molecule has 0 fully saturated rings. The van der Waals surface area contributed by atoms with Crippen molar-refractivity contribution in [1.29, 1.82) is 0 Å². The van der Waals surface area contributed by atoms with Crippen LogP contribution in [0.3, 0.4) is 0 Å². The molecule has 10 heteroatoms. The fraction of sp³-hybridized carbons (Fsp3) is 0.308. The van der Waals surface area contributed by atoms with E-state index in [-0.39, 0.29) is 11.8 Å². The van der Waals surface area contributed by atoms with Crippen LogP contribution in [-0.4, -0.2) is 48.4 Å². The standard InChI is InChI=1S/C14H13FN2O2.C12H13IN2O2/c1-8-7-11-12(10(5-6-15)9(8)2)17-14(19-4)13(16-11)18-3;1-6-5-8-10(9(13)7(6)2)15-12(17-4)11(14-8)16-3/h7H,1-4H3;5H,1-4H3. The van der Waals surface area contributed by atoms with E-state index < -0.39 is 0 Å².